The number of aromatic nitrogens is 1. The van der Waals surface area contributed by atoms with Gasteiger partial charge in [0.05, 0.1) is 23.6 Å². The van der Waals surface area contributed by atoms with Crippen LogP contribution in [0.3, 0.4) is 0 Å². The summed E-state index contributed by atoms with van der Waals surface area (Å²) < 4.78 is 0. The molecule has 5 nitrogen and oxygen atoms in total. The van der Waals surface area contributed by atoms with Gasteiger partial charge in [-0.3, -0.25) is 4.98 Å². The molecule has 1 aromatic rings. The maximum atomic E-state index is 10.9. The highest BCUT2D eigenvalue weighted by Gasteiger charge is 2.20. The van der Waals surface area contributed by atoms with Crippen molar-refractivity contribution >= 4 is 5.97 Å². The molecule has 2 heterocycles. The van der Waals surface area contributed by atoms with Crippen LogP contribution in [0.25, 0.3) is 0 Å². The second-order valence-electron chi connectivity index (χ2n) is 3.15. The Hall–Kier alpha value is -1.46. The lowest BCUT2D eigenvalue weighted by atomic mass is 10.1. The van der Waals surface area contributed by atoms with Crippen molar-refractivity contribution in [1.29, 1.82) is 0 Å². The molecule has 0 radical (unpaired) electrons. The highest BCUT2D eigenvalue weighted by atomic mass is 16.4. The van der Waals surface area contributed by atoms with Crippen molar-refractivity contribution in [2.45, 2.75) is 19.7 Å². The Balaban J connectivity index is 2.57. The number of carboxylic acids is 1. The van der Waals surface area contributed by atoms with Crippen LogP contribution in [0.1, 0.15) is 27.3 Å². The smallest absolute Gasteiger partial charge is 0.336 e. The minimum absolute atomic E-state index is 0.229. The molecular weight excluding hydrogens is 184 g/mol. The summed E-state index contributed by atoms with van der Waals surface area (Å²) in [5.41, 5.74) is 2.11. The summed E-state index contributed by atoms with van der Waals surface area (Å²) in [7, 11) is 0. The Morgan fingerprint density at radius 1 is 1.57 bits per heavy atom. The first-order valence-corrected chi connectivity index (χ1v) is 4.29. The van der Waals surface area contributed by atoms with Crippen LogP contribution >= 0.6 is 0 Å². The van der Waals surface area contributed by atoms with Gasteiger partial charge in [0.15, 0.2) is 0 Å². The van der Waals surface area contributed by atoms with E-state index in [0.717, 1.165) is 11.3 Å². The first kappa shape index (κ1) is 9.11. The molecule has 0 aromatic carbocycles. The molecule has 0 saturated heterocycles. The van der Waals surface area contributed by atoms with Gasteiger partial charge in [-0.05, 0) is 6.07 Å². The van der Waals surface area contributed by atoms with E-state index in [1.807, 2.05) is 0 Å². The zero-order valence-electron chi connectivity index (χ0n) is 7.45. The Bertz CT molecular complexity index is 390. The molecule has 1 aliphatic rings. The Morgan fingerprint density at radius 2 is 2.36 bits per heavy atom. The Labute approximate surface area is 80.4 Å². The Kier molecular flexibility index (Phi) is 2.18. The minimum Gasteiger partial charge on any atom is -0.478 e. The molecule has 3 N–H and O–H groups in total. The number of hydrogen-bond donors (Lipinski definition) is 3. The summed E-state index contributed by atoms with van der Waals surface area (Å²) >= 11 is 0. The van der Waals surface area contributed by atoms with E-state index in [0.29, 0.717) is 18.8 Å². The lowest BCUT2D eigenvalue weighted by Crippen LogP contribution is -2.06. The maximum Gasteiger partial charge on any atom is 0.336 e. The van der Waals surface area contributed by atoms with Crippen LogP contribution in [0.4, 0.5) is 0 Å². The van der Waals surface area contributed by atoms with Crippen molar-refractivity contribution in [2.24, 2.45) is 0 Å². The van der Waals surface area contributed by atoms with Gasteiger partial charge in [-0.15, -0.1) is 0 Å². The summed E-state index contributed by atoms with van der Waals surface area (Å²) in [5, 5.41) is 20.9. The molecule has 0 spiro atoms. The van der Waals surface area contributed by atoms with E-state index in [4.69, 9.17) is 10.2 Å². The number of carbonyl (C=O) groups is 1. The van der Waals surface area contributed by atoms with Gasteiger partial charge in [-0.25, -0.2) is 4.79 Å². The van der Waals surface area contributed by atoms with Crippen LogP contribution in [-0.4, -0.2) is 21.2 Å². The molecule has 0 aliphatic carbocycles. The van der Waals surface area contributed by atoms with Gasteiger partial charge >= 0.3 is 5.97 Å². The van der Waals surface area contributed by atoms with Gasteiger partial charge in [0.2, 0.25) is 0 Å². The molecule has 1 aliphatic heterocycles. The number of pyridine rings is 1. The predicted molar refractivity (Wildman–Crippen MR) is 47.7 cm³/mol. The fraction of sp³-hybridized carbons (Fsp3) is 0.333. The largest absolute Gasteiger partial charge is 0.478 e. The van der Waals surface area contributed by atoms with Gasteiger partial charge in [0, 0.05) is 18.7 Å². The number of aromatic carboxylic acids is 1. The number of carboxylic acid groups (broad SMARTS) is 1. The molecule has 74 valence electrons. The maximum absolute atomic E-state index is 10.9. The number of aliphatic hydroxyl groups is 1. The molecule has 14 heavy (non-hydrogen) atoms. The fourth-order valence-corrected chi connectivity index (χ4v) is 1.60. The second-order valence-corrected chi connectivity index (χ2v) is 3.15. The summed E-state index contributed by atoms with van der Waals surface area (Å²) in [4.78, 5) is 15.0. The molecule has 0 fully saturated rings. The van der Waals surface area contributed by atoms with E-state index in [-0.39, 0.29) is 12.2 Å². The van der Waals surface area contributed by atoms with Crippen molar-refractivity contribution in [3.63, 3.8) is 0 Å². The van der Waals surface area contributed by atoms with Crippen molar-refractivity contribution in [1.82, 2.24) is 10.3 Å². The SMILES string of the molecule is O=C(O)c1cc(CO)nc2c1CNC2. The fourth-order valence-electron chi connectivity index (χ4n) is 1.60. The monoisotopic (exact) mass is 194 g/mol. The number of rotatable bonds is 2. The van der Waals surface area contributed by atoms with Gasteiger partial charge < -0.3 is 15.5 Å². The van der Waals surface area contributed by atoms with Crippen molar-refractivity contribution in [2.75, 3.05) is 0 Å². The number of hydrogen-bond acceptors (Lipinski definition) is 4. The summed E-state index contributed by atoms with van der Waals surface area (Å²) in [5.74, 6) is -0.970. The molecular formula is C9H10N2O3. The zero-order chi connectivity index (χ0) is 10.1. The van der Waals surface area contributed by atoms with E-state index < -0.39 is 5.97 Å². The van der Waals surface area contributed by atoms with Crippen LogP contribution in [0, 0.1) is 0 Å². The van der Waals surface area contributed by atoms with Crippen molar-refractivity contribution < 1.29 is 15.0 Å². The molecule has 2 rings (SSSR count). The van der Waals surface area contributed by atoms with Crippen molar-refractivity contribution in [3.8, 4) is 0 Å². The third-order valence-electron chi connectivity index (χ3n) is 2.25. The number of nitrogens with one attached hydrogen (secondary N) is 1. The number of nitrogens with zero attached hydrogens (tertiary/aromatic N) is 1. The van der Waals surface area contributed by atoms with E-state index in [1.54, 1.807) is 0 Å². The predicted octanol–water partition coefficient (Wildman–Crippen LogP) is -0.125. The lowest BCUT2D eigenvalue weighted by Gasteiger charge is -2.05. The summed E-state index contributed by atoms with van der Waals surface area (Å²) in [6.07, 6.45) is 0. The first-order chi connectivity index (χ1) is 6.72. The average molecular weight is 194 g/mol. The summed E-state index contributed by atoms with van der Waals surface area (Å²) in [6.45, 7) is 0.882. The number of aliphatic hydroxyl groups excluding tert-OH is 1. The molecule has 5 heteroatoms. The van der Waals surface area contributed by atoms with Crippen LogP contribution in [0.2, 0.25) is 0 Å². The van der Waals surface area contributed by atoms with E-state index in [9.17, 15) is 4.79 Å². The molecule has 0 unspecified atom stereocenters. The number of fused-ring (bicyclic) bond motifs is 1. The van der Waals surface area contributed by atoms with Gasteiger partial charge in [-0.1, -0.05) is 0 Å². The second kappa shape index (κ2) is 3.36. The molecule has 0 atom stereocenters. The third kappa shape index (κ3) is 1.36. The quantitative estimate of drug-likeness (QED) is 0.611. The lowest BCUT2D eigenvalue weighted by molar-refractivity contribution is 0.0695. The zero-order valence-corrected chi connectivity index (χ0v) is 7.45. The average Bonchev–Trinajstić information content (AvgIpc) is 2.63. The van der Waals surface area contributed by atoms with Crippen LogP contribution in [-0.2, 0) is 19.7 Å². The normalized spacial score (nSPS) is 14.1. The van der Waals surface area contributed by atoms with E-state index in [2.05, 4.69) is 10.3 Å². The molecule has 0 bridgehead atoms. The standard InChI is InChI=1S/C9H10N2O3/c12-4-5-1-6(9(13)14)7-2-10-3-8(7)11-5/h1,10,12H,2-4H2,(H,13,14). The van der Waals surface area contributed by atoms with Crippen LogP contribution in [0.5, 0.6) is 0 Å². The molecule has 1 aromatic heterocycles. The van der Waals surface area contributed by atoms with Gasteiger partial charge in [0.1, 0.15) is 0 Å². The van der Waals surface area contributed by atoms with Crippen molar-refractivity contribution in [3.05, 3.63) is 28.6 Å². The van der Waals surface area contributed by atoms with Crippen LogP contribution in [0.15, 0.2) is 6.07 Å². The topological polar surface area (TPSA) is 82.5 Å². The molecule has 0 saturated carbocycles. The van der Waals surface area contributed by atoms with E-state index in [1.165, 1.54) is 6.07 Å². The van der Waals surface area contributed by atoms with E-state index >= 15 is 0 Å². The Morgan fingerprint density at radius 3 is 3.00 bits per heavy atom. The highest BCUT2D eigenvalue weighted by molar-refractivity contribution is 5.89. The van der Waals surface area contributed by atoms with Crippen LogP contribution < -0.4 is 5.32 Å². The van der Waals surface area contributed by atoms with Gasteiger partial charge in [-0.2, -0.15) is 0 Å². The molecule has 0 amide bonds. The third-order valence-corrected chi connectivity index (χ3v) is 2.25. The first-order valence-electron chi connectivity index (χ1n) is 4.29. The summed E-state index contributed by atoms with van der Waals surface area (Å²) in [6, 6.07) is 1.42. The highest BCUT2D eigenvalue weighted by Crippen LogP contribution is 2.19. The minimum atomic E-state index is -0.970. The van der Waals surface area contributed by atoms with Gasteiger partial charge in [0.25, 0.3) is 0 Å².